The first kappa shape index (κ1) is 21.3. The molecule has 0 aromatic heterocycles. The lowest BCUT2D eigenvalue weighted by molar-refractivity contribution is 0.0513. The fourth-order valence-corrected chi connectivity index (χ4v) is 3.99. The fourth-order valence-electron chi connectivity index (χ4n) is 3.99. The van der Waals surface area contributed by atoms with Crippen molar-refractivity contribution in [2.45, 2.75) is 37.5 Å². The number of halogens is 1. The summed E-state index contributed by atoms with van der Waals surface area (Å²) < 4.78 is 16.2. The zero-order valence-corrected chi connectivity index (χ0v) is 16.4. The van der Waals surface area contributed by atoms with Crippen LogP contribution in [0.3, 0.4) is 0 Å². The molecule has 1 aliphatic carbocycles. The highest BCUT2D eigenvalue weighted by Gasteiger charge is 2.34. The van der Waals surface area contributed by atoms with Gasteiger partial charge in [0.15, 0.2) is 0 Å². The molecule has 7 heteroatoms. The molecule has 6 nitrogen and oxygen atoms in total. The normalized spacial score (nSPS) is 26.8. The summed E-state index contributed by atoms with van der Waals surface area (Å²) in [5.74, 6) is 1.94. The molecule has 0 radical (unpaired) electrons. The summed E-state index contributed by atoms with van der Waals surface area (Å²) in [6.07, 6.45) is 2.99. The number of nitrogens with one attached hydrogen (secondary N) is 2. The van der Waals surface area contributed by atoms with E-state index in [1.807, 2.05) is 18.2 Å². The summed E-state index contributed by atoms with van der Waals surface area (Å²) >= 11 is 0. The van der Waals surface area contributed by atoms with Gasteiger partial charge in [-0.15, -0.1) is 12.4 Å². The monoisotopic (exact) mass is 386 g/mol. The molecule has 1 saturated carbocycles. The van der Waals surface area contributed by atoms with Crippen LogP contribution in [-0.2, 0) is 4.74 Å². The van der Waals surface area contributed by atoms with Gasteiger partial charge in [-0.3, -0.25) is 0 Å². The van der Waals surface area contributed by atoms with Gasteiger partial charge < -0.3 is 30.0 Å². The van der Waals surface area contributed by atoms with Crippen LogP contribution in [0.4, 0.5) is 0 Å². The minimum atomic E-state index is -0.596. The first-order chi connectivity index (χ1) is 12.2. The maximum absolute atomic E-state index is 10.6. The molecule has 1 aromatic rings. The molecule has 148 valence electrons. The van der Waals surface area contributed by atoms with Crippen LogP contribution in [0, 0.1) is 5.92 Å². The van der Waals surface area contributed by atoms with E-state index >= 15 is 0 Å². The molecule has 2 aliphatic rings. The summed E-state index contributed by atoms with van der Waals surface area (Å²) in [5, 5.41) is 17.8. The van der Waals surface area contributed by atoms with Crippen molar-refractivity contribution in [3.63, 3.8) is 0 Å². The minimum Gasteiger partial charge on any atom is -0.497 e. The molecule has 4 atom stereocenters. The van der Waals surface area contributed by atoms with E-state index in [-0.39, 0.29) is 12.4 Å². The Hall–Kier alpha value is -1.05. The molecule has 26 heavy (non-hydrogen) atoms. The summed E-state index contributed by atoms with van der Waals surface area (Å²) in [6.45, 7) is 3.04. The zero-order valence-electron chi connectivity index (χ0n) is 15.6. The predicted molar refractivity (Wildman–Crippen MR) is 103 cm³/mol. The van der Waals surface area contributed by atoms with Gasteiger partial charge in [0.25, 0.3) is 0 Å². The number of aliphatic hydroxyl groups is 1. The molecule has 1 heterocycles. The Morgan fingerprint density at radius 1 is 1.23 bits per heavy atom. The molecule has 4 unspecified atom stereocenters. The Balaban J connectivity index is 0.00000243. The summed E-state index contributed by atoms with van der Waals surface area (Å²) in [6, 6.07) is 6.37. The van der Waals surface area contributed by atoms with Crippen LogP contribution in [0.2, 0.25) is 0 Å². The minimum absolute atomic E-state index is 0. The number of ether oxygens (including phenoxy) is 3. The van der Waals surface area contributed by atoms with Crippen LogP contribution in [-0.4, -0.2) is 57.7 Å². The van der Waals surface area contributed by atoms with Gasteiger partial charge in [-0.25, -0.2) is 0 Å². The molecule has 1 aliphatic heterocycles. The van der Waals surface area contributed by atoms with Crippen molar-refractivity contribution in [3.05, 3.63) is 23.8 Å². The van der Waals surface area contributed by atoms with Gasteiger partial charge in [-0.05, 0) is 36.5 Å². The molecule has 2 fully saturated rings. The predicted octanol–water partition coefficient (Wildman–Crippen LogP) is 1.91. The molecule has 1 saturated heterocycles. The molecular weight excluding hydrogens is 356 g/mol. The van der Waals surface area contributed by atoms with Gasteiger partial charge in [0.05, 0.1) is 33.5 Å². The van der Waals surface area contributed by atoms with Gasteiger partial charge in [0.2, 0.25) is 0 Å². The lowest BCUT2D eigenvalue weighted by Gasteiger charge is -2.33. The second-order valence-corrected chi connectivity index (χ2v) is 6.91. The van der Waals surface area contributed by atoms with Crippen molar-refractivity contribution in [2.24, 2.45) is 5.92 Å². The van der Waals surface area contributed by atoms with Crippen LogP contribution in [0.5, 0.6) is 11.5 Å². The average molecular weight is 387 g/mol. The topological polar surface area (TPSA) is 72.0 Å². The van der Waals surface area contributed by atoms with Gasteiger partial charge in [0, 0.05) is 31.2 Å². The highest BCUT2D eigenvalue weighted by Crippen LogP contribution is 2.30. The molecule has 0 spiro atoms. The molecule has 0 bridgehead atoms. The van der Waals surface area contributed by atoms with Crippen molar-refractivity contribution in [1.82, 2.24) is 10.6 Å². The SMILES string of the molecule is COc1cc(OC)cc(C(O)CNC2CCCC2C2COCCN2)c1.Cl. The Labute approximate surface area is 162 Å². The van der Waals surface area contributed by atoms with Gasteiger partial charge >= 0.3 is 0 Å². The third kappa shape index (κ3) is 5.24. The largest absolute Gasteiger partial charge is 0.497 e. The number of hydrogen-bond acceptors (Lipinski definition) is 6. The smallest absolute Gasteiger partial charge is 0.122 e. The summed E-state index contributed by atoms with van der Waals surface area (Å²) in [7, 11) is 3.23. The van der Waals surface area contributed by atoms with Crippen LogP contribution in [0.1, 0.15) is 30.9 Å². The molecule has 0 amide bonds. The number of rotatable bonds is 7. The highest BCUT2D eigenvalue weighted by atomic mass is 35.5. The summed E-state index contributed by atoms with van der Waals surface area (Å²) in [4.78, 5) is 0. The van der Waals surface area contributed by atoms with Crippen LogP contribution in [0.25, 0.3) is 0 Å². The van der Waals surface area contributed by atoms with Crippen molar-refractivity contribution in [3.8, 4) is 11.5 Å². The van der Waals surface area contributed by atoms with Crippen molar-refractivity contribution in [1.29, 1.82) is 0 Å². The van der Waals surface area contributed by atoms with Crippen molar-refractivity contribution < 1.29 is 19.3 Å². The number of methoxy groups -OCH3 is 2. The third-order valence-electron chi connectivity index (χ3n) is 5.37. The van der Waals surface area contributed by atoms with Crippen molar-refractivity contribution >= 4 is 12.4 Å². The summed E-state index contributed by atoms with van der Waals surface area (Å²) in [5.41, 5.74) is 0.803. The first-order valence-electron chi connectivity index (χ1n) is 9.17. The maximum Gasteiger partial charge on any atom is 0.122 e. The molecule has 3 N–H and O–H groups in total. The maximum atomic E-state index is 10.6. The fraction of sp³-hybridized carbons (Fsp3) is 0.684. The Morgan fingerprint density at radius 3 is 2.58 bits per heavy atom. The van der Waals surface area contributed by atoms with E-state index in [2.05, 4.69) is 10.6 Å². The Kier molecular flexibility index (Phi) is 8.44. The number of benzene rings is 1. The highest BCUT2D eigenvalue weighted by molar-refractivity contribution is 5.85. The molecular formula is C19H31ClN2O4. The van der Waals surface area contributed by atoms with Crippen LogP contribution in [0.15, 0.2) is 18.2 Å². The van der Waals surface area contributed by atoms with Gasteiger partial charge in [-0.2, -0.15) is 0 Å². The lowest BCUT2D eigenvalue weighted by Crippen LogP contribution is -2.51. The van der Waals surface area contributed by atoms with E-state index in [0.29, 0.717) is 36.0 Å². The van der Waals surface area contributed by atoms with Crippen molar-refractivity contribution in [2.75, 3.05) is 40.5 Å². The second-order valence-electron chi connectivity index (χ2n) is 6.91. The third-order valence-corrected chi connectivity index (χ3v) is 5.37. The molecule has 1 aromatic carbocycles. The Morgan fingerprint density at radius 2 is 1.96 bits per heavy atom. The average Bonchev–Trinajstić information content (AvgIpc) is 3.14. The van der Waals surface area contributed by atoms with E-state index < -0.39 is 6.10 Å². The quantitative estimate of drug-likeness (QED) is 0.665. The first-order valence-corrected chi connectivity index (χ1v) is 9.17. The number of hydrogen-bond donors (Lipinski definition) is 3. The zero-order chi connectivity index (χ0) is 17.6. The molecule has 3 rings (SSSR count). The number of morpholine rings is 1. The van der Waals surface area contributed by atoms with Gasteiger partial charge in [0.1, 0.15) is 11.5 Å². The van der Waals surface area contributed by atoms with E-state index in [9.17, 15) is 5.11 Å². The van der Waals surface area contributed by atoms with Gasteiger partial charge in [-0.1, -0.05) is 6.42 Å². The van der Waals surface area contributed by atoms with E-state index in [4.69, 9.17) is 14.2 Å². The number of aliphatic hydroxyl groups excluding tert-OH is 1. The van der Waals surface area contributed by atoms with Crippen LogP contribution >= 0.6 is 12.4 Å². The van der Waals surface area contributed by atoms with Crippen LogP contribution < -0.4 is 20.1 Å². The standard InChI is InChI=1S/C19H30N2O4.ClH/c1-23-14-8-13(9-15(10-14)24-2)19(22)11-21-17-5-3-4-16(17)18-12-25-7-6-20-18;/h8-10,16-22H,3-7,11-12H2,1-2H3;1H. The second kappa shape index (κ2) is 10.3. The lowest BCUT2D eigenvalue weighted by atomic mass is 9.93. The Bertz CT molecular complexity index is 532. The van der Waals surface area contributed by atoms with E-state index in [1.54, 1.807) is 14.2 Å². The van der Waals surface area contributed by atoms with E-state index in [1.165, 1.54) is 12.8 Å². The van der Waals surface area contributed by atoms with E-state index in [0.717, 1.165) is 31.7 Å².